The Morgan fingerprint density at radius 2 is 2.37 bits per heavy atom. The van der Waals surface area contributed by atoms with Crippen LogP contribution in [0, 0.1) is 0 Å². The lowest BCUT2D eigenvalue weighted by Gasteiger charge is -2.11. The van der Waals surface area contributed by atoms with Crippen LogP contribution in [0.1, 0.15) is 0 Å². The average molecular weight is 324 g/mol. The number of benzene rings is 1. The second-order valence-corrected chi connectivity index (χ2v) is 5.03. The van der Waals surface area contributed by atoms with Crippen molar-refractivity contribution >= 4 is 38.6 Å². The molecular formula is C12H14BrN5O. The van der Waals surface area contributed by atoms with Crippen molar-refractivity contribution in [3.05, 3.63) is 22.9 Å². The van der Waals surface area contributed by atoms with Gasteiger partial charge in [-0.3, -0.25) is 4.99 Å². The van der Waals surface area contributed by atoms with Gasteiger partial charge in [-0.15, -0.1) is 0 Å². The Labute approximate surface area is 118 Å². The van der Waals surface area contributed by atoms with Crippen molar-refractivity contribution in [2.75, 3.05) is 25.0 Å². The fourth-order valence-corrected chi connectivity index (χ4v) is 2.77. The Kier molecular flexibility index (Phi) is 3.39. The van der Waals surface area contributed by atoms with Crippen molar-refractivity contribution in [2.24, 2.45) is 4.99 Å². The highest BCUT2D eigenvalue weighted by atomic mass is 79.9. The van der Waals surface area contributed by atoms with E-state index in [1.807, 2.05) is 16.7 Å². The quantitative estimate of drug-likeness (QED) is 0.792. The summed E-state index contributed by atoms with van der Waals surface area (Å²) >= 11 is 3.60. The van der Waals surface area contributed by atoms with Gasteiger partial charge < -0.3 is 20.3 Å². The maximum absolute atomic E-state index is 9.08. The summed E-state index contributed by atoms with van der Waals surface area (Å²) in [4.78, 5) is 8.63. The molecule has 2 aromatic rings. The molecule has 3 rings (SSSR count). The molecule has 2 heterocycles. The van der Waals surface area contributed by atoms with Crippen molar-refractivity contribution in [3.8, 4) is 0 Å². The second kappa shape index (κ2) is 5.18. The molecule has 6 nitrogen and oxygen atoms in total. The maximum Gasteiger partial charge on any atom is 0.195 e. The highest BCUT2D eigenvalue weighted by Crippen LogP contribution is 2.31. The number of hydrogen-bond acceptors (Lipinski definition) is 5. The lowest BCUT2D eigenvalue weighted by atomic mass is 10.2. The minimum absolute atomic E-state index is 0.0871. The molecule has 0 saturated carbocycles. The summed E-state index contributed by atoms with van der Waals surface area (Å²) in [6, 6.07) is 3.91. The van der Waals surface area contributed by atoms with Gasteiger partial charge in [0.05, 0.1) is 40.7 Å². The number of anilines is 1. The van der Waals surface area contributed by atoms with Crippen LogP contribution in [0.15, 0.2) is 27.9 Å². The molecule has 0 radical (unpaired) electrons. The zero-order chi connectivity index (χ0) is 13.2. The van der Waals surface area contributed by atoms with Gasteiger partial charge in [0.25, 0.3) is 0 Å². The van der Waals surface area contributed by atoms with Gasteiger partial charge in [0.1, 0.15) is 0 Å². The average Bonchev–Trinajstić information content (AvgIpc) is 3.03. The topological polar surface area (TPSA) is 74.5 Å². The molecular weight excluding hydrogens is 310 g/mol. The number of aliphatic hydroxyl groups excluding tert-OH is 1. The van der Waals surface area contributed by atoms with Crippen molar-refractivity contribution < 1.29 is 5.11 Å². The van der Waals surface area contributed by atoms with E-state index in [9.17, 15) is 0 Å². The van der Waals surface area contributed by atoms with E-state index in [2.05, 4.69) is 36.5 Å². The first-order valence-electron chi connectivity index (χ1n) is 6.09. The molecule has 100 valence electrons. The number of hydrogen-bond donors (Lipinski definition) is 3. The fourth-order valence-electron chi connectivity index (χ4n) is 2.10. The predicted octanol–water partition coefficient (Wildman–Crippen LogP) is 1.16. The van der Waals surface area contributed by atoms with Crippen molar-refractivity contribution in [1.82, 2.24) is 14.9 Å². The van der Waals surface area contributed by atoms with E-state index in [4.69, 9.17) is 5.11 Å². The van der Waals surface area contributed by atoms with Crippen LogP contribution in [0.25, 0.3) is 11.0 Å². The first-order chi connectivity index (χ1) is 9.29. The van der Waals surface area contributed by atoms with Crippen LogP contribution in [-0.2, 0) is 6.54 Å². The van der Waals surface area contributed by atoms with Crippen LogP contribution in [0.5, 0.6) is 0 Å². The maximum atomic E-state index is 9.08. The number of nitrogens with zero attached hydrogens (tertiary/aromatic N) is 3. The normalized spacial score (nSPS) is 14.5. The van der Waals surface area contributed by atoms with E-state index in [1.54, 1.807) is 6.33 Å². The van der Waals surface area contributed by atoms with Gasteiger partial charge in [-0.1, -0.05) is 0 Å². The van der Waals surface area contributed by atoms with E-state index >= 15 is 0 Å². The summed E-state index contributed by atoms with van der Waals surface area (Å²) in [6.07, 6.45) is 1.74. The molecule has 0 saturated heterocycles. The van der Waals surface area contributed by atoms with Gasteiger partial charge in [0.15, 0.2) is 5.96 Å². The lowest BCUT2D eigenvalue weighted by molar-refractivity contribution is 0.278. The Balaban J connectivity index is 2.00. The molecule has 1 aromatic carbocycles. The number of guanidine groups is 1. The molecule has 3 N–H and O–H groups in total. The van der Waals surface area contributed by atoms with Gasteiger partial charge in [-0.05, 0) is 28.1 Å². The molecule has 0 spiro atoms. The van der Waals surface area contributed by atoms with Crippen molar-refractivity contribution in [1.29, 1.82) is 0 Å². The molecule has 0 amide bonds. The summed E-state index contributed by atoms with van der Waals surface area (Å²) in [5.74, 6) is 0.785. The molecule has 1 aliphatic rings. The van der Waals surface area contributed by atoms with Crippen molar-refractivity contribution in [3.63, 3.8) is 0 Å². The first kappa shape index (κ1) is 12.4. The number of aromatic nitrogens is 2. The van der Waals surface area contributed by atoms with E-state index in [0.717, 1.165) is 40.2 Å². The largest absolute Gasteiger partial charge is 0.395 e. The van der Waals surface area contributed by atoms with Gasteiger partial charge in [0, 0.05) is 13.1 Å². The van der Waals surface area contributed by atoms with Gasteiger partial charge in [0.2, 0.25) is 0 Å². The third-order valence-corrected chi connectivity index (χ3v) is 3.79. The number of fused-ring (bicyclic) bond motifs is 1. The Morgan fingerprint density at radius 1 is 1.47 bits per heavy atom. The molecule has 0 atom stereocenters. The van der Waals surface area contributed by atoms with Crippen LogP contribution in [-0.4, -0.2) is 40.3 Å². The number of rotatable bonds is 3. The number of halogens is 1. The van der Waals surface area contributed by atoms with Crippen molar-refractivity contribution in [2.45, 2.75) is 6.54 Å². The van der Waals surface area contributed by atoms with Crippen LogP contribution >= 0.6 is 15.9 Å². The van der Waals surface area contributed by atoms with Crippen LogP contribution in [0.4, 0.5) is 5.69 Å². The Morgan fingerprint density at radius 3 is 3.11 bits per heavy atom. The minimum atomic E-state index is 0.0871. The Hall–Kier alpha value is -1.60. The molecule has 1 aliphatic heterocycles. The molecule has 19 heavy (non-hydrogen) atoms. The van der Waals surface area contributed by atoms with Gasteiger partial charge >= 0.3 is 0 Å². The third-order valence-electron chi connectivity index (χ3n) is 2.99. The smallest absolute Gasteiger partial charge is 0.195 e. The summed E-state index contributed by atoms with van der Waals surface area (Å²) in [5, 5.41) is 15.5. The standard InChI is InChI=1S/C12H14BrN5O/c13-10-8(17-12-14-3-4-15-12)1-2-9-11(10)18(5-6-19)7-16-9/h1-2,7,19H,3-6H2,(H2,14,15,17). The zero-order valence-corrected chi connectivity index (χ0v) is 11.8. The zero-order valence-electron chi connectivity index (χ0n) is 10.2. The number of imidazole rings is 1. The molecule has 7 heteroatoms. The molecule has 1 aromatic heterocycles. The highest BCUT2D eigenvalue weighted by molar-refractivity contribution is 9.10. The molecule has 0 aliphatic carbocycles. The lowest BCUT2D eigenvalue weighted by Crippen LogP contribution is -2.26. The summed E-state index contributed by atoms with van der Waals surface area (Å²) in [5.41, 5.74) is 2.80. The number of aliphatic hydroxyl groups is 1. The minimum Gasteiger partial charge on any atom is -0.395 e. The second-order valence-electron chi connectivity index (χ2n) is 4.24. The molecule has 0 unspecified atom stereocenters. The van der Waals surface area contributed by atoms with Gasteiger partial charge in [-0.2, -0.15) is 0 Å². The Bertz CT molecular complexity index is 636. The fraction of sp³-hybridized carbons (Fsp3) is 0.333. The van der Waals surface area contributed by atoms with E-state index in [-0.39, 0.29) is 6.61 Å². The molecule has 0 bridgehead atoms. The van der Waals surface area contributed by atoms with E-state index in [0.29, 0.717) is 6.54 Å². The van der Waals surface area contributed by atoms with E-state index < -0.39 is 0 Å². The van der Waals surface area contributed by atoms with Crippen LogP contribution < -0.4 is 10.6 Å². The van der Waals surface area contributed by atoms with Gasteiger partial charge in [-0.25, -0.2) is 4.98 Å². The molecule has 0 fully saturated rings. The van der Waals surface area contributed by atoms with Crippen LogP contribution in [0.2, 0.25) is 0 Å². The monoisotopic (exact) mass is 323 g/mol. The summed E-state index contributed by atoms with van der Waals surface area (Å²) in [7, 11) is 0. The predicted molar refractivity (Wildman–Crippen MR) is 78.4 cm³/mol. The van der Waals surface area contributed by atoms with Crippen LogP contribution in [0.3, 0.4) is 0 Å². The third kappa shape index (κ3) is 2.31. The highest BCUT2D eigenvalue weighted by Gasteiger charge is 2.13. The SMILES string of the molecule is OCCn1cnc2ccc(NC3=NCCN3)c(Br)c21. The summed E-state index contributed by atoms with van der Waals surface area (Å²) in [6.45, 7) is 2.27. The van der Waals surface area contributed by atoms with E-state index in [1.165, 1.54) is 0 Å². The first-order valence-corrected chi connectivity index (χ1v) is 6.88. The summed E-state index contributed by atoms with van der Waals surface area (Å²) < 4.78 is 2.85. The number of aliphatic imine (C=N–C) groups is 1. The number of nitrogens with one attached hydrogen (secondary N) is 2.